The lowest BCUT2D eigenvalue weighted by Crippen LogP contribution is -2.00. The first-order valence-corrected chi connectivity index (χ1v) is 6.40. The molecular weight excluding hydrogens is 343 g/mol. The predicted octanol–water partition coefficient (Wildman–Crippen LogP) is 2.63. The monoisotopic (exact) mass is 354 g/mol. The van der Waals surface area contributed by atoms with Crippen LogP contribution in [0.25, 0.3) is 6.08 Å². The summed E-state index contributed by atoms with van der Waals surface area (Å²) >= 11 is 2.20. The predicted molar refractivity (Wildman–Crippen MR) is 77.2 cm³/mol. The Bertz CT molecular complexity index is 577. The molecule has 0 amide bonds. The summed E-state index contributed by atoms with van der Waals surface area (Å²) < 4.78 is 2.87. The van der Waals surface area contributed by atoms with Crippen molar-refractivity contribution in [2.45, 2.75) is 6.54 Å². The maximum Gasteiger partial charge on any atom is 0.328 e. The quantitative estimate of drug-likeness (QED) is 0.679. The molecule has 0 spiro atoms. The summed E-state index contributed by atoms with van der Waals surface area (Å²) in [6.45, 7) is 0.714. The van der Waals surface area contributed by atoms with Crippen LogP contribution in [-0.2, 0) is 11.3 Å². The number of aromatic nitrogens is 2. The highest BCUT2D eigenvalue weighted by molar-refractivity contribution is 14.1. The number of benzene rings is 1. The Balaban J connectivity index is 2.17. The van der Waals surface area contributed by atoms with E-state index in [9.17, 15) is 4.79 Å². The molecule has 0 aliphatic rings. The first kappa shape index (κ1) is 12.8. The van der Waals surface area contributed by atoms with Gasteiger partial charge in [-0.2, -0.15) is 5.10 Å². The highest BCUT2D eigenvalue weighted by Crippen LogP contribution is 2.16. The normalized spacial score (nSPS) is 10.9. The van der Waals surface area contributed by atoms with E-state index in [2.05, 4.69) is 27.7 Å². The van der Waals surface area contributed by atoms with Crippen LogP contribution in [0.1, 0.15) is 11.1 Å². The Morgan fingerprint density at radius 3 is 2.94 bits per heavy atom. The van der Waals surface area contributed by atoms with Crippen LogP contribution in [0.3, 0.4) is 0 Å². The number of nitrogens with zero attached hydrogens (tertiary/aromatic N) is 2. The zero-order chi connectivity index (χ0) is 13.0. The molecule has 1 aromatic carbocycles. The molecule has 0 bridgehead atoms. The minimum absolute atomic E-state index is 0.714. The van der Waals surface area contributed by atoms with Gasteiger partial charge in [0.2, 0.25) is 0 Å². The van der Waals surface area contributed by atoms with Gasteiger partial charge in [0.25, 0.3) is 0 Å². The van der Waals surface area contributed by atoms with Gasteiger partial charge >= 0.3 is 5.97 Å². The topological polar surface area (TPSA) is 55.1 Å². The highest BCUT2D eigenvalue weighted by Gasteiger charge is 2.00. The Morgan fingerprint density at radius 1 is 1.50 bits per heavy atom. The fourth-order valence-corrected chi connectivity index (χ4v) is 2.31. The van der Waals surface area contributed by atoms with Crippen molar-refractivity contribution in [2.24, 2.45) is 0 Å². The molecule has 0 atom stereocenters. The highest BCUT2D eigenvalue weighted by atomic mass is 127. The van der Waals surface area contributed by atoms with Gasteiger partial charge in [-0.15, -0.1) is 0 Å². The largest absolute Gasteiger partial charge is 0.478 e. The first-order chi connectivity index (χ1) is 8.65. The smallest absolute Gasteiger partial charge is 0.328 e. The molecule has 92 valence electrons. The zero-order valence-corrected chi connectivity index (χ0v) is 11.6. The Labute approximate surface area is 118 Å². The number of rotatable bonds is 4. The maximum atomic E-state index is 10.5. The van der Waals surface area contributed by atoms with Crippen LogP contribution >= 0.6 is 22.6 Å². The van der Waals surface area contributed by atoms with Crippen molar-refractivity contribution in [3.05, 3.63) is 57.4 Å². The number of aliphatic carboxylic acids is 1. The van der Waals surface area contributed by atoms with E-state index in [1.807, 2.05) is 35.1 Å². The molecule has 0 saturated carbocycles. The molecule has 18 heavy (non-hydrogen) atoms. The van der Waals surface area contributed by atoms with Gasteiger partial charge in [-0.1, -0.05) is 12.1 Å². The van der Waals surface area contributed by atoms with E-state index in [-0.39, 0.29) is 0 Å². The van der Waals surface area contributed by atoms with Gasteiger partial charge < -0.3 is 5.11 Å². The molecule has 2 rings (SSSR count). The molecule has 4 nitrogen and oxygen atoms in total. The lowest BCUT2D eigenvalue weighted by atomic mass is 10.1. The standard InChI is InChI=1S/C13H11IN2O2/c14-12-8-10(9-16-7-1-6-15-16)2-3-11(12)4-5-13(17)18/h1-8H,9H2,(H,17,18). The SMILES string of the molecule is O=C(O)C=Cc1ccc(Cn2cccn2)cc1I. The fraction of sp³-hybridized carbons (Fsp3) is 0.0769. The minimum Gasteiger partial charge on any atom is -0.478 e. The Hall–Kier alpha value is -1.63. The van der Waals surface area contributed by atoms with Gasteiger partial charge in [-0.25, -0.2) is 4.79 Å². The molecular formula is C13H11IN2O2. The second kappa shape index (κ2) is 5.81. The van der Waals surface area contributed by atoms with Crippen LogP contribution < -0.4 is 0 Å². The lowest BCUT2D eigenvalue weighted by Gasteiger charge is -2.05. The van der Waals surface area contributed by atoms with Crippen LogP contribution in [0.4, 0.5) is 0 Å². The van der Waals surface area contributed by atoms with E-state index in [0.29, 0.717) is 6.54 Å². The molecule has 0 unspecified atom stereocenters. The van der Waals surface area contributed by atoms with Crippen LogP contribution in [0.15, 0.2) is 42.7 Å². The summed E-state index contributed by atoms with van der Waals surface area (Å²) in [6.07, 6.45) is 6.40. The number of hydrogen-bond donors (Lipinski definition) is 1. The van der Waals surface area contributed by atoms with E-state index in [0.717, 1.165) is 20.8 Å². The molecule has 0 saturated heterocycles. The van der Waals surface area contributed by atoms with Gasteiger partial charge in [-0.05, 0) is 51.9 Å². The van der Waals surface area contributed by atoms with Gasteiger partial charge in [0.05, 0.1) is 6.54 Å². The molecule has 0 aliphatic carbocycles. The molecule has 1 N–H and O–H groups in total. The lowest BCUT2D eigenvalue weighted by molar-refractivity contribution is -0.131. The van der Waals surface area contributed by atoms with Gasteiger partial charge in [0.1, 0.15) is 0 Å². The summed E-state index contributed by atoms with van der Waals surface area (Å²) in [6, 6.07) is 7.81. The van der Waals surface area contributed by atoms with Crippen LogP contribution in [0, 0.1) is 3.57 Å². The summed E-state index contributed by atoms with van der Waals surface area (Å²) in [5.74, 6) is -0.939. The van der Waals surface area contributed by atoms with Crippen molar-refractivity contribution in [2.75, 3.05) is 0 Å². The van der Waals surface area contributed by atoms with Crippen molar-refractivity contribution < 1.29 is 9.90 Å². The zero-order valence-electron chi connectivity index (χ0n) is 9.45. The van der Waals surface area contributed by atoms with Crippen molar-refractivity contribution >= 4 is 34.6 Å². The molecule has 0 aliphatic heterocycles. The number of halogens is 1. The molecule has 5 heteroatoms. The van der Waals surface area contributed by atoms with Crippen LogP contribution in [0.5, 0.6) is 0 Å². The Morgan fingerprint density at radius 2 is 2.33 bits per heavy atom. The number of carbonyl (C=O) groups is 1. The van der Waals surface area contributed by atoms with Crippen molar-refractivity contribution in [3.63, 3.8) is 0 Å². The van der Waals surface area contributed by atoms with Gasteiger partial charge in [0.15, 0.2) is 0 Å². The van der Waals surface area contributed by atoms with Crippen molar-refractivity contribution in [3.8, 4) is 0 Å². The maximum absolute atomic E-state index is 10.5. The number of carboxylic acid groups (broad SMARTS) is 1. The van der Waals surface area contributed by atoms with E-state index in [4.69, 9.17) is 5.11 Å². The van der Waals surface area contributed by atoms with Crippen LogP contribution in [0.2, 0.25) is 0 Å². The molecule has 2 aromatic rings. The third-order valence-corrected chi connectivity index (χ3v) is 3.31. The average Bonchev–Trinajstić information content (AvgIpc) is 2.80. The van der Waals surface area contributed by atoms with Crippen molar-refractivity contribution in [1.82, 2.24) is 9.78 Å². The van der Waals surface area contributed by atoms with Gasteiger partial charge in [0, 0.05) is 22.0 Å². The number of hydrogen-bond acceptors (Lipinski definition) is 2. The van der Waals surface area contributed by atoms with Crippen LogP contribution in [-0.4, -0.2) is 20.9 Å². The van der Waals surface area contributed by atoms with Gasteiger partial charge in [-0.3, -0.25) is 4.68 Å². The first-order valence-electron chi connectivity index (χ1n) is 5.32. The Kier molecular flexibility index (Phi) is 4.14. The molecule has 0 radical (unpaired) electrons. The minimum atomic E-state index is -0.939. The third-order valence-electron chi connectivity index (χ3n) is 2.37. The van der Waals surface area contributed by atoms with Crippen molar-refractivity contribution in [1.29, 1.82) is 0 Å². The van der Waals surface area contributed by atoms with E-state index in [1.165, 1.54) is 0 Å². The summed E-state index contributed by atoms with van der Waals surface area (Å²) in [5.41, 5.74) is 2.04. The van der Waals surface area contributed by atoms with E-state index >= 15 is 0 Å². The number of carboxylic acids is 1. The molecule has 1 heterocycles. The van der Waals surface area contributed by atoms with E-state index in [1.54, 1.807) is 12.3 Å². The average molecular weight is 354 g/mol. The van der Waals surface area contributed by atoms with E-state index < -0.39 is 5.97 Å². The summed E-state index contributed by atoms with van der Waals surface area (Å²) in [7, 11) is 0. The fourth-order valence-electron chi connectivity index (χ4n) is 1.55. The second-order valence-corrected chi connectivity index (χ2v) is 4.89. The molecule has 0 fully saturated rings. The summed E-state index contributed by atoms with van der Waals surface area (Å²) in [5, 5.41) is 12.7. The third kappa shape index (κ3) is 3.43. The summed E-state index contributed by atoms with van der Waals surface area (Å²) in [4.78, 5) is 10.5. The second-order valence-electron chi connectivity index (χ2n) is 3.73. The molecule has 1 aromatic heterocycles.